The lowest BCUT2D eigenvalue weighted by atomic mass is 10.2. The molecule has 3 aromatic rings. The molecule has 0 amide bonds. The summed E-state index contributed by atoms with van der Waals surface area (Å²) in [7, 11) is 1.84. The molecule has 20 heavy (non-hydrogen) atoms. The van der Waals surface area contributed by atoms with E-state index >= 15 is 0 Å². The van der Waals surface area contributed by atoms with Gasteiger partial charge in [0.25, 0.3) is 0 Å². The molecule has 0 saturated carbocycles. The molecule has 0 bridgehead atoms. The maximum Gasteiger partial charge on any atom is 0.163 e. The molecule has 0 atom stereocenters. The number of nitrogen functional groups attached to an aromatic ring is 1. The maximum absolute atomic E-state index is 5.96. The molecule has 2 N–H and O–H groups in total. The zero-order valence-corrected chi connectivity index (χ0v) is 12.0. The Bertz CT molecular complexity index is 797. The molecule has 7 nitrogen and oxygen atoms in total. The summed E-state index contributed by atoms with van der Waals surface area (Å²) in [5.41, 5.74) is 10.0. The Balaban J connectivity index is 2.06. The molecule has 3 heterocycles. The van der Waals surface area contributed by atoms with Gasteiger partial charge in [-0.05, 0) is 26.3 Å². The van der Waals surface area contributed by atoms with E-state index in [-0.39, 0.29) is 0 Å². The fourth-order valence-electron chi connectivity index (χ4n) is 2.24. The summed E-state index contributed by atoms with van der Waals surface area (Å²) in [5, 5.41) is 9.43. The summed E-state index contributed by atoms with van der Waals surface area (Å²) in [5.74, 6) is 1.10. The van der Waals surface area contributed by atoms with Gasteiger partial charge < -0.3 is 5.73 Å². The third-order valence-electron chi connectivity index (χ3n) is 3.70. The van der Waals surface area contributed by atoms with Crippen LogP contribution in [0.1, 0.15) is 22.8 Å². The van der Waals surface area contributed by atoms with Gasteiger partial charge in [0.2, 0.25) is 0 Å². The molecule has 7 heteroatoms. The zero-order chi connectivity index (χ0) is 14.4. The predicted molar refractivity (Wildman–Crippen MR) is 76.3 cm³/mol. The van der Waals surface area contributed by atoms with E-state index in [1.54, 1.807) is 10.9 Å². The molecular weight excluding hydrogens is 254 g/mol. The molecule has 0 radical (unpaired) electrons. The highest BCUT2D eigenvalue weighted by Gasteiger charge is 2.12. The van der Waals surface area contributed by atoms with Crippen LogP contribution in [0.5, 0.6) is 0 Å². The molecule has 104 valence electrons. The Morgan fingerprint density at radius 3 is 2.60 bits per heavy atom. The molecule has 3 aromatic heterocycles. The van der Waals surface area contributed by atoms with E-state index in [9.17, 15) is 0 Å². The highest BCUT2D eigenvalue weighted by atomic mass is 15.3. The van der Waals surface area contributed by atoms with Crippen LogP contribution in [0, 0.1) is 20.8 Å². The average molecular weight is 271 g/mol. The van der Waals surface area contributed by atoms with Crippen molar-refractivity contribution in [3.63, 3.8) is 0 Å². The van der Waals surface area contributed by atoms with Gasteiger partial charge in [-0.25, -0.2) is 9.97 Å². The zero-order valence-electron chi connectivity index (χ0n) is 12.0. The maximum atomic E-state index is 5.96. The van der Waals surface area contributed by atoms with Gasteiger partial charge in [0.05, 0.1) is 17.3 Å². The van der Waals surface area contributed by atoms with Crippen molar-refractivity contribution >= 4 is 16.9 Å². The molecule has 0 saturated heterocycles. The first-order valence-corrected chi connectivity index (χ1v) is 6.42. The Hall–Kier alpha value is -2.44. The van der Waals surface area contributed by atoms with E-state index in [0.29, 0.717) is 18.2 Å². The van der Waals surface area contributed by atoms with E-state index in [1.165, 1.54) is 5.56 Å². The third kappa shape index (κ3) is 1.82. The van der Waals surface area contributed by atoms with Crippen molar-refractivity contribution in [1.82, 2.24) is 29.5 Å². The number of fused-ring (bicyclic) bond motifs is 1. The monoisotopic (exact) mass is 271 g/mol. The predicted octanol–water partition coefficient (Wildman–Crippen LogP) is 1.12. The van der Waals surface area contributed by atoms with Gasteiger partial charge in [-0.2, -0.15) is 10.2 Å². The summed E-state index contributed by atoms with van der Waals surface area (Å²) >= 11 is 0. The Kier molecular flexibility index (Phi) is 2.70. The molecule has 0 aliphatic heterocycles. The Labute approximate surface area is 116 Å². The van der Waals surface area contributed by atoms with Gasteiger partial charge in [0.1, 0.15) is 12.4 Å². The molecule has 0 spiro atoms. The van der Waals surface area contributed by atoms with E-state index in [4.69, 9.17) is 5.73 Å². The van der Waals surface area contributed by atoms with Crippen molar-refractivity contribution in [2.75, 3.05) is 5.73 Å². The molecule has 3 rings (SSSR count). The first kappa shape index (κ1) is 12.6. The van der Waals surface area contributed by atoms with Gasteiger partial charge in [-0.1, -0.05) is 0 Å². The van der Waals surface area contributed by atoms with Crippen LogP contribution in [0.15, 0.2) is 6.20 Å². The molecule has 0 aromatic carbocycles. The Morgan fingerprint density at radius 2 is 1.95 bits per heavy atom. The van der Waals surface area contributed by atoms with E-state index in [2.05, 4.69) is 27.1 Å². The normalized spacial score (nSPS) is 11.4. The first-order valence-electron chi connectivity index (χ1n) is 6.42. The average Bonchev–Trinajstić information content (AvgIpc) is 2.88. The van der Waals surface area contributed by atoms with Crippen molar-refractivity contribution in [3.8, 4) is 0 Å². The molecule has 0 aliphatic rings. The highest BCUT2D eigenvalue weighted by Crippen LogP contribution is 2.18. The first-order chi connectivity index (χ1) is 9.47. The van der Waals surface area contributed by atoms with Gasteiger partial charge in [-0.15, -0.1) is 0 Å². The molecule has 0 fully saturated rings. The topological polar surface area (TPSA) is 87.4 Å². The van der Waals surface area contributed by atoms with Gasteiger partial charge in [0.15, 0.2) is 11.5 Å². The van der Waals surface area contributed by atoms with Crippen LogP contribution in [0.25, 0.3) is 11.0 Å². The van der Waals surface area contributed by atoms with Crippen LogP contribution in [-0.2, 0) is 13.6 Å². The summed E-state index contributed by atoms with van der Waals surface area (Å²) in [6.45, 7) is 6.61. The number of hydrogen-bond acceptors (Lipinski definition) is 5. The highest BCUT2D eigenvalue weighted by molar-refractivity contribution is 5.84. The number of anilines is 1. The summed E-state index contributed by atoms with van der Waals surface area (Å²) in [6, 6.07) is 0. The fourth-order valence-corrected chi connectivity index (χ4v) is 2.24. The molecular formula is C13H17N7. The van der Waals surface area contributed by atoms with Crippen LogP contribution in [0.4, 0.5) is 5.82 Å². The van der Waals surface area contributed by atoms with Gasteiger partial charge in [-0.3, -0.25) is 9.36 Å². The number of aromatic nitrogens is 6. The van der Waals surface area contributed by atoms with Gasteiger partial charge >= 0.3 is 0 Å². The Morgan fingerprint density at radius 1 is 1.20 bits per heavy atom. The van der Waals surface area contributed by atoms with E-state index in [0.717, 1.165) is 22.4 Å². The second kappa shape index (κ2) is 4.29. The minimum Gasteiger partial charge on any atom is -0.383 e. The van der Waals surface area contributed by atoms with Crippen molar-refractivity contribution in [2.45, 2.75) is 27.3 Å². The quantitative estimate of drug-likeness (QED) is 0.754. The minimum atomic E-state index is 0.455. The van der Waals surface area contributed by atoms with Crippen LogP contribution >= 0.6 is 0 Å². The second-order valence-corrected chi connectivity index (χ2v) is 4.98. The van der Waals surface area contributed by atoms with Crippen molar-refractivity contribution in [2.24, 2.45) is 7.05 Å². The summed E-state index contributed by atoms with van der Waals surface area (Å²) in [4.78, 5) is 8.86. The lowest BCUT2D eigenvalue weighted by Gasteiger charge is -2.05. The number of hydrogen-bond donors (Lipinski definition) is 1. The van der Waals surface area contributed by atoms with Crippen molar-refractivity contribution in [3.05, 3.63) is 29.0 Å². The fraction of sp³-hybridized carbons (Fsp3) is 0.385. The van der Waals surface area contributed by atoms with Crippen LogP contribution in [0.2, 0.25) is 0 Å². The lowest BCUT2D eigenvalue weighted by Crippen LogP contribution is -2.10. The van der Waals surface area contributed by atoms with Crippen molar-refractivity contribution in [1.29, 1.82) is 0 Å². The van der Waals surface area contributed by atoms with Crippen LogP contribution in [-0.4, -0.2) is 29.5 Å². The minimum absolute atomic E-state index is 0.455. The van der Waals surface area contributed by atoms with Crippen LogP contribution in [0.3, 0.4) is 0 Å². The second-order valence-electron chi connectivity index (χ2n) is 4.98. The van der Waals surface area contributed by atoms with Crippen molar-refractivity contribution < 1.29 is 0 Å². The van der Waals surface area contributed by atoms with Crippen LogP contribution < -0.4 is 5.73 Å². The number of aryl methyl sites for hydroxylation is 2. The number of nitrogens with zero attached hydrogens (tertiary/aromatic N) is 6. The molecule has 0 aliphatic carbocycles. The van der Waals surface area contributed by atoms with E-state index < -0.39 is 0 Å². The summed E-state index contributed by atoms with van der Waals surface area (Å²) < 4.78 is 3.60. The summed E-state index contributed by atoms with van der Waals surface area (Å²) in [6.07, 6.45) is 1.68. The lowest BCUT2D eigenvalue weighted by molar-refractivity contribution is 0.632. The smallest absolute Gasteiger partial charge is 0.163 e. The van der Waals surface area contributed by atoms with E-state index in [1.807, 2.05) is 25.6 Å². The third-order valence-corrected chi connectivity index (χ3v) is 3.70. The number of rotatable bonds is 2. The largest absolute Gasteiger partial charge is 0.383 e. The van der Waals surface area contributed by atoms with Gasteiger partial charge in [0, 0.05) is 12.7 Å². The molecule has 0 unspecified atom stereocenters. The SMILES string of the molecule is Cc1nn(Cc2nc(N)c3cnn(C)c3n2)c(C)c1C. The number of nitrogens with two attached hydrogens (primary N) is 1. The standard InChI is InChI=1S/C13H17N7/c1-7-8(2)18-20(9(7)3)6-11-16-12(14)10-5-15-19(4)13(10)17-11/h5H,6H2,1-4H3,(H2,14,16,17).